The number of aliphatic hydroxyl groups is 1. The summed E-state index contributed by atoms with van der Waals surface area (Å²) in [7, 11) is 1.75. The molecular formula is C23H29N3O2. The van der Waals surface area contributed by atoms with Gasteiger partial charge < -0.3 is 15.0 Å². The van der Waals surface area contributed by atoms with Gasteiger partial charge >= 0.3 is 0 Å². The molecule has 148 valence electrons. The summed E-state index contributed by atoms with van der Waals surface area (Å²) in [4.78, 5) is 16.9. The minimum Gasteiger partial charge on any atom is -0.392 e. The van der Waals surface area contributed by atoms with Crippen molar-refractivity contribution in [2.75, 3.05) is 7.05 Å². The van der Waals surface area contributed by atoms with Gasteiger partial charge in [0.05, 0.1) is 30.4 Å². The van der Waals surface area contributed by atoms with E-state index in [4.69, 9.17) is 0 Å². The summed E-state index contributed by atoms with van der Waals surface area (Å²) in [5.41, 5.74) is 3.42. The molecule has 3 aliphatic carbocycles. The van der Waals surface area contributed by atoms with Gasteiger partial charge in [0.1, 0.15) is 0 Å². The summed E-state index contributed by atoms with van der Waals surface area (Å²) in [6.07, 6.45) is 10.9. The molecule has 1 aromatic carbocycles. The molecule has 5 heteroatoms. The lowest BCUT2D eigenvalue weighted by molar-refractivity contribution is -0.134. The molecule has 0 radical (unpaired) electrons. The third-order valence-electron chi connectivity index (χ3n) is 7.99. The van der Waals surface area contributed by atoms with E-state index in [0.29, 0.717) is 6.42 Å². The number of imidazole rings is 1. The number of carbonyl (C=O) groups is 1. The van der Waals surface area contributed by atoms with Crippen LogP contribution in [0.15, 0.2) is 36.8 Å². The molecule has 2 atom stereocenters. The predicted molar refractivity (Wildman–Crippen MR) is 108 cm³/mol. The Kier molecular flexibility index (Phi) is 4.13. The number of fused-ring (bicyclic) bond motifs is 7. The molecule has 2 N–H and O–H groups in total. The molecule has 3 fully saturated rings. The largest absolute Gasteiger partial charge is 0.392 e. The Hall–Kier alpha value is -2.14. The van der Waals surface area contributed by atoms with Crippen molar-refractivity contribution in [3.8, 4) is 11.3 Å². The third-order valence-corrected chi connectivity index (χ3v) is 7.99. The monoisotopic (exact) mass is 379 g/mol. The topological polar surface area (TPSA) is 67.2 Å². The number of hydrogen-bond acceptors (Lipinski definition) is 3. The zero-order chi connectivity index (χ0) is 19.4. The Morgan fingerprint density at radius 2 is 2.04 bits per heavy atom. The van der Waals surface area contributed by atoms with Crippen LogP contribution in [0.2, 0.25) is 0 Å². The maximum absolute atomic E-state index is 12.5. The van der Waals surface area contributed by atoms with Gasteiger partial charge in [-0.1, -0.05) is 30.7 Å². The summed E-state index contributed by atoms with van der Waals surface area (Å²) in [6.45, 7) is 0. The summed E-state index contributed by atoms with van der Waals surface area (Å²) in [5.74, 6) is 0.199. The zero-order valence-corrected chi connectivity index (χ0v) is 16.5. The SMILES string of the molecule is CNC(=O)C12CCCC(C(O)CC3c4ccccc4-c4cncn43)(CC1)CC2. The van der Waals surface area contributed by atoms with Crippen LogP contribution in [0.25, 0.3) is 11.3 Å². The van der Waals surface area contributed by atoms with Crippen molar-refractivity contribution in [3.05, 3.63) is 42.4 Å². The van der Waals surface area contributed by atoms with Crippen LogP contribution >= 0.6 is 0 Å². The molecule has 2 bridgehead atoms. The summed E-state index contributed by atoms with van der Waals surface area (Å²) in [5, 5.41) is 14.4. The van der Waals surface area contributed by atoms with E-state index in [1.54, 1.807) is 7.05 Å². The summed E-state index contributed by atoms with van der Waals surface area (Å²) >= 11 is 0. The Morgan fingerprint density at radius 1 is 1.25 bits per heavy atom. The highest BCUT2D eigenvalue weighted by molar-refractivity contribution is 5.82. The van der Waals surface area contributed by atoms with Crippen LogP contribution in [0, 0.1) is 10.8 Å². The first-order chi connectivity index (χ1) is 13.6. The molecule has 1 aromatic heterocycles. The Balaban J connectivity index is 1.40. The first-order valence-electron chi connectivity index (χ1n) is 10.6. The first kappa shape index (κ1) is 17.9. The molecular weight excluding hydrogens is 350 g/mol. The van der Waals surface area contributed by atoms with E-state index < -0.39 is 0 Å². The normalized spacial score (nSPS) is 31.7. The minimum atomic E-state index is -0.361. The molecule has 1 amide bonds. The number of aromatic nitrogens is 2. The van der Waals surface area contributed by atoms with Crippen LogP contribution in [0.3, 0.4) is 0 Å². The highest BCUT2D eigenvalue weighted by atomic mass is 16.3. The van der Waals surface area contributed by atoms with E-state index in [0.717, 1.165) is 50.6 Å². The molecule has 2 heterocycles. The van der Waals surface area contributed by atoms with Crippen molar-refractivity contribution in [1.82, 2.24) is 14.9 Å². The van der Waals surface area contributed by atoms with Crippen LogP contribution in [0.5, 0.6) is 0 Å². The Morgan fingerprint density at radius 3 is 2.82 bits per heavy atom. The van der Waals surface area contributed by atoms with Crippen molar-refractivity contribution in [2.24, 2.45) is 10.8 Å². The van der Waals surface area contributed by atoms with Crippen molar-refractivity contribution >= 4 is 5.91 Å². The Labute approximate surface area is 166 Å². The average Bonchev–Trinajstić information content (AvgIpc) is 3.18. The van der Waals surface area contributed by atoms with E-state index in [1.165, 1.54) is 11.1 Å². The number of benzene rings is 1. The van der Waals surface area contributed by atoms with Gasteiger partial charge in [-0.3, -0.25) is 4.79 Å². The van der Waals surface area contributed by atoms with Crippen molar-refractivity contribution in [3.63, 3.8) is 0 Å². The molecule has 0 saturated heterocycles. The predicted octanol–water partition coefficient (Wildman–Crippen LogP) is 3.68. The maximum atomic E-state index is 12.5. The average molecular weight is 380 g/mol. The van der Waals surface area contributed by atoms with Crippen molar-refractivity contribution in [1.29, 1.82) is 0 Å². The lowest BCUT2D eigenvalue weighted by Gasteiger charge is -2.45. The number of carbonyl (C=O) groups excluding carboxylic acids is 1. The van der Waals surface area contributed by atoms with E-state index in [9.17, 15) is 9.90 Å². The number of aliphatic hydroxyl groups excluding tert-OH is 1. The second kappa shape index (κ2) is 6.45. The van der Waals surface area contributed by atoms with Gasteiger partial charge in [-0.05, 0) is 55.9 Å². The fourth-order valence-electron chi connectivity index (χ4n) is 6.25. The highest BCUT2D eigenvalue weighted by Crippen LogP contribution is 2.57. The van der Waals surface area contributed by atoms with Crippen molar-refractivity contribution in [2.45, 2.75) is 63.5 Å². The quantitative estimate of drug-likeness (QED) is 0.852. The van der Waals surface area contributed by atoms with E-state index >= 15 is 0 Å². The molecule has 1 aliphatic heterocycles. The summed E-state index contributed by atoms with van der Waals surface area (Å²) in [6, 6.07) is 8.63. The van der Waals surface area contributed by atoms with Gasteiger partial charge in [-0.15, -0.1) is 0 Å². The van der Waals surface area contributed by atoms with Gasteiger partial charge in [-0.2, -0.15) is 0 Å². The van der Waals surface area contributed by atoms with Gasteiger partial charge in [0, 0.05) is 18.0 Å². The van der Waals surface area contributed by atoms with Gasteiger partial charge in [0.15, 0.2) is 0 Å². The molecule has 2 unspecified atom stereocenters. The fourth-order valence-corrected chi connectivity index (χ4v) is 6.25. The van der Waals surface area contributed by atoms with E-state index in [-0.39, 0.29) is 28.9 Å². The molecule has 2 aromatic rings. The highest BCUT2D eigenvalue weighted by Gasteiger charge is 2.52. The molecule has 5 nitrogen and oxygen atoms in total. The second-order valence-corrected chi connectivity index (χ2v) is 9.12. The molecule has 28 heavy (non-hydrogen) atoms. The van der Waals surface area contributed by atoms with Crippen LogP contribution in [-0.4, -0.2) is 33.7 Å². The number of nitrogens with zero attached hydrogens (tertiary/aromatic N) is 2. The van der Waals surface area contributed by atoms with E-state index in [1.807, 2.05) is 12.5 Å². The molecule has 3 saturated carbocycles. The third kappa shape index (κ3) is 2.48. The van der Waals surface area contributed by atoms with Crippen LogP contribution in [0.1, 0.15) is 63.0 Å². The first-order valence-corrected chi connectivity index (χ1v) is 10.6. The zero-order valence-electron chi connectivity index (χ0n) is 16.5. The lowest BCUT2D eigenvalue weighted by Crippen LogP contribution is -2.45. The lowest BCUT2D eigenvalue weighted by atomic mass is 9.62. The van der Waals surface area contributed by atoms with Crippen molar-refractivity contribution < 1.29 is 9.90 Å². The molecule has 6 rings (SSSR count). The number of hydrogen-bond donors (Lipinski definition) is 2. The number of rotatable bonds is 4. The number of amides is 1. The van der Waals surface area contributed by atoms with E-state index in [2.05, 4.69) is 39.1 Å². The van der Waals surface area contributed by atoms with Gasteiger partial charge in [0.25, 0.3) is 0 Å². The molecule has 0 spiro atoms. The van der Waals surface area contributed by atoms with Gasteiger partial charge in [-0.25, -0.2) is 4.98 Å². The second-order valence-electron chi connectivity index (χ2n) is 9.12. The van der Waals surface area contributed by atoms with Crippen LogP contribution < -0.4 is 5.32 Å². The van der Waals surface area contributed by atoms with Gasteiger partial charge in [0.2, 0.25) is 5.91 Å². The standard InChI is InChI=1S/C23H29N3O2/c1-24-21(28)23-8-4-7-22(9-11-23,10-12-23)20(27)13-18-16-5-2-3-6-17(16)19-14-25-15-26(18)19/h2-3,5-6,14-15,18,20,27H,4,7-13H2,1H3,(H,24,28). The number of nitrogens with one attached hydrogen (secondary N) is 1. The smallest absolute Gasteiger partial charge is 0.225 e. The molecule has 4 aliphatic rings. The van der Waals surface area contributed by atoms with Crippen LogP contribution in [-0.2, 0) is 4.79 Å². The Bertz CT molecular complexity index is 895. The maximum Gasteiger partial charge on any atom is 0.225 e. The summed E-state index contributed by atoms with van der Waals surface area (Å²) < 4.78 is 2.22. The minimum absolute atomic E-state index is 0.0493. The fraction of sp³-hybridized carbons (Fsp3) is 0.565. The van der Waals surface area contributed by atoms with Crippen LogP contribution in [0.4, 0.5) is 0 Å².